The van der Waals surface area contributed by atoms with Crippen LogP contribution in [-0.2, 0) is 21.2 Å². The van der Waals surface area contributed by atoms with Gasteiger partial charge in [-0.25, -0.2) is 17.5 Å². The smallest absolute Gasteiger partial charge is 1.00 e. The molecule has 0 aliphatic heterocycles. The summed E-state index contributed by atoms with van der Waals surface area (Å²) in [5, 5.41) is 1.13. The zero-order valence-corrected chi connectivity index (χ0v) is 24.1. The third-order valence-corrected chi connectivity index (χ3v) is 7.99. The van der Waals surface area contributed by atoms with Gasteiger partial charge in [0.1, 0.15) is 16.5 Å². The predicted molar refractivity (Wildman–Crippen MR) is 137 cm³/mol. The Labute approximate surface area is 239 Å². The van der Waals surface area contributed by atoms with Crippen molar-refractivity contribution in [3.8, 4) is 5.75 Å². The number of ether oxygens (including phenoxy) is 1. The molecule has 35 heavy (non-hydrogen) atoms. The van der Waals surface area contributed by atoms with Gasteiger partial charge in [0.2, 0.25) is 0 Å². The molecule has 10 heteroatoms. The summed E-state index contributed by atoms with van der Waals surface area (Å²) in [7, 11) is -2.85. The van der Waals surface area contributed by atoms with Crippen LogP contribution in [-0.4, -0.2) is 21.4 Å². The summed E-state index contributed by atoms with van der Waals surface area (Å²) >= 11 is 4.86. The van der Waals surface area contributed by atoms with E-state index in [2.05, 4.69) is 22.0 Å². The van der Waals surface area contributed by atoms with Gasteiger partial charge < -0.3 is 6.16 Å². The SMILES string of the molecule is COc1ccc(Br)cc1S(=O)(=O)NC(=O)/C=C/c1cc(F)ccc1Cc1cc2ccccc2s1.[H-].[Na+]. The van der Waals surface area contributed by atoms with Gasteiger partial charge >= 0.3 is 29.6 Å². The van der Waals surface area contributed by atoms with Crippen LogP contribution in [0.5, 0.6) is 5.75 Å². The molecule has 1 aromatic heterocycles. The minimum atomic E-state index is -4.19. The summed E-state index contributed by atoms with van der Waals surface area (Å²) < 4.78 is 48.1. The van der Waals surface area contributed by atoms with Gasteiger partial charge in [-0.05, 0) is 65.1 Å². The number of carbonyl (C=O) groups excluding carboxylic acids is 1. The second-order valence-electron chi connectivity index (χ2n) is 7.37. The first kappa shape index (κ1) is 27.6. The van der Waals surface area contributed by atoms with Crippen molar-refractivity contribution in [2.24, 2.45) is 0 Å². The zero-order valence-electron chi connectivity index (χ0n) is 19.9. The van der Waals surface area contributed by atoms with Gasteiger partial charge in [-0.15, -0.1) is 11.3 Å². The van der Waals surface area contributed by atoms with Crippen LogP contribution in [0.2, 0.25) is 0 Å². The van der Waals surface area contributed by atoms with Gasteiger partial charge in [0, 0.05) is 26.5 Å². The van der Waals surface area contributed by atoms with Gasteiger partial charge in [0.25, 0.3) is 15.9 Å². The number of rotatable bonds is 7. The molecule has 3 aromatic carbocycles. The molecule has 0 bridgehead atoms. The van der Waals surface area contributed by atoms with Crippen LogP contribution in [0.1, 0.15) is 17.4 Å². The van der Waals surface area contributed by atoms with Crippen LogP contribution in [0.25, 0.3) is 16.2 Å². The van der Waals surface area contributed by atoms with E-state index in [0.29, 0.717) is 16.5 Å². The second-order valence-corrected chi connectivity index (χ2v) is 11.1. The molecule has 0 atom stereocenters. The normalized spacial score (nSPS) is 11.4. The summed E-state index contributed by atoms with van der Waals surface area (Å²) in [6, 6.07) is 18.9. The Morgan fingerprint density at radius 1 is 1.14 bits per heavy atom. The third-order valence-electron chi connectivity index (χ3n) is 5.01. The molecule has 0 spiro atoms. The number of hydrogen-bond acceptors (Lipinski definition) is 5. The fourth-order valence-corrected chi connectivity index (χ4v) is 6.18. The van der Waals surface area contributed by atoms with Crippen LogP contribution in [0.4, 0.5) is 4.39 Å². The standard InChI is InChI=1S/C25H19BrFNO4S2.Na.H/c1-32-22-10-8-19(26)15-24(22)34(30,31)28-25(29)11-7-16-12-20(27)9-6-17(16)13-21-14-18-4-2-3-5-23(18)33-21;;/h2-12,14-15H,13H2,1H3,(H,28,29);;/q;+1;-1/b11-7+;;. The molecule has 0 radical (unpaired) electrons. The molecule has 5 nitrogen and oxygen atoms in total. The summed E-state index contributed by atoms with van der Waals surface area (Å²) in [5.74, 6) is -1.21. The van der Waals surface area contributed by atoms with E-state index in [-0.39, 0.29) is 41.6 Å². The molecule has 0 saturated carbocycles. The van der Waals surface area contributed by atoms with Gasteiger partial charge in [-0.2, -0.15) is 0 Å². The van der Waals surface area contributed by atoms with Crippen LogP contribution in [0.3, 0.4) is 0 Å². The van der Waals surface area contributed by atoms with Gasteiger partial charge in [0.15, 0.2) is 0 Å². The van der Waals surface area contributed by atoms with E-state index in [9.17, 15) is 17.6 Å². The molecule has 0 saturated heterocycles. The maximum atomic E-state index is 13.9. The third kappa shape index (κ3) is 6.81. The number of sulfonamides is 1. The molecular formula is C25H20BrFNNaO4S2. The number of benzene rings is 3. The molecule has 1 N–H and O–H groups in total. The van der Waals surface area contributed by atoms with Crippen molar-refractivity contribution in [1.82, 2.24) is 4.72 Å². The predicted octanol–water partition coefficient (Wildman–Crippen LogP) is 3.04. The Hall–Kier alpha value is -2.01. The number of methoxy groups -OCH3 is 1. The Morgan fingerprint density at radius 2 is 1.91 bits per heavy atom. The molecule has 4 rings (SSSR count). The van der Waals surface area contributed by atoms with Gasteiger partial charge in [-0.3, -0.25) is 4.79 Å². The molecule has 0 fully saturated rings. The van der Waals surface area contributed by atoms with E-state index in [1.54, 1.807) is 23.5 Å². The van der Waals surface area contributed by atoms with Crippen LogP contribution in [0.15, 0.2) is 82.2 Å². The summed E-state index contributed by atoms with van der Waals surface area (Å²) in [6.45, 7) is 0. The zero-order chi connectivity index (χ0) is 24.3. The molecule has 0 aliphatic rings. The Morgan fingerprint density at radius 3 is 2.66 bits per heavy atom. The van der Waals surface area contributed by atoms with Crippen molar-refractivity contribution in [2.45, 2.75) is 11.3 Å². The molecule has 1 amide bonds. The summed E-state index contributed by atoms with van der Waals surface area (Å²) in [5.41, 5.74) is 1.30. The largest absolute Gasteiger partial charge is 1.00 e. The molecule has 4 aromatic rings. The van der Waals surface area contributed by atoms with Gasteiger partial charge in [0.05, 0.1) is 7.11 Å². The van der Waals surface area contributed by atoms with Crippen LogP contribution in [0, 0.1) is 5.82 Å². The molecule has 0 aliphatic carbocycles. The Balaban J connectivity index is 0.00000228. The quantitative estimate of drug-likeness (QED) is 0.268. The van der Waals surface area contributed by atoms with Crippen molar-refractivity contribution in [2.75, 3.05) is 7.11 Å². The van der Waals surface area contributed by atoms with Crippen molar-refractivity contribution in [3.63, 3.8) is 0 Å². The molecule has 176 valence electrons. The van der Waals surface area contributed by atoms with Gasteiger partial charge in [-0.1, -0.05) is 40.2 Å². The number of amides is 1. The van der Waals surface area contributed by atoms with Crippen molar-refractivity contribution in [1.29, 1.82) is 0 Å². The van der Waals surface area contributed by atoms with Crippen molar-refractivity contribution >= 4 is 59.4 Å². The molecule has 0 unspecified atom stereocenters. The first-order valence-electron chi connectivity index (χ1n) is 10.1. The minimum absolute atomic E-state index is 0. The number of fused-ring (bicyclic) bond motifs is 1. The maximum absolute atomic E-state index is 13.9. The number of halogens is 2. The van der Waals surface area contributed by atoms with E-state index in [1.165, 1.54) is 37.5 Å². The van der Waals surface area contributed by atoms with E-state index in [4.69, 9.17) is 4.74 Å². The van der Waals surface area contributed by atoms with Crippen LogP contribution >= 0.6 is 27.3 Å². The first-order chi connectivity index (χ1) is 16.2. The Kier molecular flexibility index (Phi) is 9.31. The monoisotopic (exact) mass is 583 g/mol. The topological polar surface area (TPSA) is 72.5 Å². The number of thiophene rings is 1. The van der Waals surface area contributed by atoms with Crippen molar-refractivity contribution < 1.29 is 53.3 Å². The number of hydrogen-bond donors (Lipinski definition) is 1. The second kappa shape index (κ2) is 11.8. The summed E-state index contributed by atoms with van der Waals surface area (Å²) in [6.07, 6.45) is 3.04. The average Bonchev–Trinajstić information content (AvgIpc) is 3.21. The summed E-state index contributed by atoms with van der Waals surface area (Å²) in [4.78, 5) is 13.4. The fraction of sp³-hybridized carbons (Fsp3) is 0.0800. The maximum Gasteiger partial charge on any atom is 1.00 e. The van der Waals surface area contributed by atoms with E-state index >= 15 is 0 Å². The first-order valence-corrected chi connectivity index (χ1v) is 13.2. The van der Waals surface area contributed by atoms with E-state index < -0.39 is 21.7 Å². The molecular weight excluding hydrogens is 564 g/mol. The van der Waals surface area contributed by atoms with E-state index in [1.807, 2.05) is 29.0 Å². The van der Waals surface area contributed by atoms with Crippen molar-refractivity contribution in [3.05, 3.63) is 99.1 Å². The number of nitrogens with one attached hydrogen (secondary N) is 1. The fourth-order valence-electron chi connectivity index (χ4n) is 3.44. The average molecular weight is 584 g/mol. The van der Waals surface area contributed by atoms with Crippen LogP contribution < -0.4 is 39.0 Å². The van der Waals surface area contributed by atoms with E-state index in [0.717, 1.165) is 26.6 Å². The molecule has 1 heterocycles. The Bertz CT molecular complexity index is 1490. The number of carbonyl (C=O) groups is 1. The minimum Gasteiger partial charge on any atom is -1.00 e.